The predicted molar refractivity (Wildman–Crippen MR) is 66.6 cm³/mol. The minimum atomic E-state index is -0.295. The number of thioether (sulfide) groups is 1. The number of amides is 1. The fraction of sp³-hybridized carbons (Fsp3) is 0.667. The summed E-state index contributed by atoms with van der Waals surface area (Å²) in [7, 11) is 0. The quantitative estimate of drug-likeness (QED) is 0.709. The number of carbonyl (C=O) groups excluding carboxylic acids is 1. The SMILES string of the molecule is CCNC(CCSc1nc(C)ns1)C(N)=O. The molecule has 0 bridgehead atoms. The zero-order chi connectivity index (χ0) is 12.0. The molecular weight excluding hydrogens is 244 g/mol. The number of aryl methyl sites for hydroxylation is 1. The minimum Gasteiger partial charge on any atom is -0.368 e. The zero-order valence-electron chi connectivity index (χ0n) is 9.40. The first kappa shape index (κ1) is 13.4. The largest absolute Gasteiger partial charge is 0.368 e. The molecule has 0 spiro atoms. The fourth-order valence-corrected chi connectivity index (χ4v) is 2.91. The molecule has 5 nitrogen and oxygen atoms in total. The molecule has 0 aliphatic rings. The van der Waals surface area contributed by atoms with Crippen molar-refractivity contribution in [3.63, 3.8) is 0 Å². The third-order valence-electron chi connectivity index (χ3n) is 1.93. The Hall–Kier alpha value is -0.660. The summed E-state index contributed by atoms with van der Waals surface area (Å²) in [5.74, 6) is 1.32. The molecule has 0 saturated heterocycles. The van der Waals surface area contributed by atoms with Crippen LogP contribution in [0.25, 0.3) is 0 Å². The summed E-state index contributed by atoms with van der Waals surface area (Å²) in [6, 6.07) is -0.244. The third-order valence-corrected chi connectivity index (χ3v) is 3.89. The number of nitrogens with zero attached hydrogens (tertiary/aromatic N) is 2. The van der Waals surface area contributed by atoms with Gasteiger partial charge in [0, 0.05) is 5.75 Å². The Morgan fingerprint density at radius 3 is 2.94 bits per heavy atom. The number of carbonyl (C=O) groups is 1. The molecule has 0 radical (unpaired) electrons. The van der Waals surface area contributed by atoms with Gasteiger partial charge >= 0.3 is 0 Å². The molecule has 1 atom stereocenters. The maximum absolute atomic E-state index is 11.1. The maximum Gasteiger partial charge on any atom is 0.234 e. The lowest BCUT2D eigenvalue weighted by molar-refractivity contribution is -0.120. The Labute approximate surface area is 103 Å². The van der Waals surface area contributed by atoms with Crippen LogP contribution in [0.3, 0.4) is 0 Å². The van der Waals surface area contributed by atoms with E-state index in [0.717, 1.165) is 22.5 Å². The van der Waals surface area contributed by atoms with Gasteiger partial charge in [-0.25, -0.2) is 4.98 Å². The Balaban J connectivity index is 2.30. The van der Waals surface area contributed by atoms with Crippen LogP contribution in [-0.2, 0) is 4.79 Å². The molecule has 16 heavy (non-hydrogen) atoms. The normalized spacial score (nSPS) is 12.6. The molecule has 1 rings (SSSR count). The van der Waals surface area contributed by atoms with E-state index in [2.05, 4.69) is 14.7 Å². The van der Waals surface area contributed by atoms with Crippen molar-refractivity contribution in [2.75, 3.05) is 12.3 Å². The molecule has 0 aromatic carbocycles. The molecule has 1 aromatic heterocycles. The van der Waals surface area contributed by atoms with Gasteiger partial charge in [0.25, 0.3) is 0 Å². The third kappa shape index (κ3) is 4.46. The topological polar surface area (TPSA) is 80.9 Å². The first-order valence-electron chi connectivity index (χ1n) is 5.09. The second-order valence-corrected chi connectivity index (χ2v) is 5.35. The van der Waals surface area contributed by atoms with Gasteiger partial charge in [0.05, 0.1) is 6.04 Å². The fourth-order valence-electron chi connectivity index (χ4n) is 1.19. The number of nitrogens with one attached hydrogen (secondary N) is 1. The average molecular weight is 260 g/mol. The van der Waals surface area contributed by atoms with E-state index in [1.807, 2.05) is 13.8 Å². The highest BCUT2D eigenvalue weighted by Gasteiger charge is 2.13. The first-order chi connectivity index (χ1) is 7.63. The summed E-state index contributed by atoms with van der Waals surface area (Å²) in [6.45, 7) is 4.57. The lowest BCUT2D eigenvalue weighted by Crippen LogP contribution is -2.41. The van der Waals surface area contributed by atoms with Gasteiger partial charge in [0.1, 0.15) is 5.82 Å². The van der Waals surface area contributed by atoms with Crippen LogP contribution in [0.2, 0.25) is 0 Å². The molecule has 3 N–H and O–H groups in total. The second kappa shape index (κ2) is 6.82. The van der Waals surface area contributed by atoms with E-state index in [-0.39, 0.29) is 11.9 Å². The molecule has 7 heteroatoms. The standard InChI is InChI=1S/C9H16N4OS2/c1-3-11-7(8(10)14)4-5-15-9-12-6(2)13-16-9/h7,11H,3-5H2,1-2H3,(H2,10,14). The summed E-state index contributed by atoms with van der Waals surface area (Å²) in [4.78, 5) is 15.3. The molecule has 0 saturated carbocycles. The highest BCUT2D eigenvalue weighted by molar-refractivity contribution is 8.00. The number of nitrogens with two attached hydrogens (primary N) is 1. The number of primary amides is 1. The lowest BCUT2D eigenvalue weighted by atomic mass is 10.2. The van der Waals surface area contributed by atoms with Gasteiger partial charge in [-0.1, -0.05) is 18.7 Å². The van der Waals surface area contributed by atoms with Crippen molar-refractivity contribution in [1.82, 2.24) is 14.7 Å². The van der Waals surface area contributed by atoms with Crippen molar-refractivity contribution in [2.45, 2.75) is 30.6 Å². The van der Waals surface area contributed by atoms with Crippen molar-refractivity contribution in [3.8, 4) is 0 Å². The predicted octanol–water partition coefficient (Wildman–Crippen LogP) is 0.792. The average Bonchev–Trinajstić information content (AvgIpc) is 2.63. The molecule has 0 aliphatic heterocycles. The molecule has 1 heterocycles. The highest BCUT2D eigenvalue weighted by atomic mass is 32.2. The van der Waals surface area contributed by atoms with Crippen molar-refractivity contribution in [2.24, 2.45) is 5.73 Å². The molecule has 0 aliphatic carbocycles. The van der Waals surface area contributed by atoms with Crippen LogP contribution in [-0.4, -0.2) is 33.6 Å². The van der Waals surface area contributed by atoms with Gasteiger partial charge in [-0.3, -0.25) is 4.79 Å². The number of rotatable bonds is 7. The summed E-state index contributed by atoms with van der Waals surface area (Å²) in [5, 5.41) is 3.05. The van der Waals surface area contributed by atoms with Crippen LogP contribution >= 0.6 is 23.3 Å². The number of likely N-dealkylation sites (N-methyl/N-ethyl adjacent to an activating group) is 1. The van der Waals surface area contributed by atoms with Gasteiger partial charge in [-0.15, -0.1) is 0 Å². The zero-order valence-corrected chi connectivity index (χ0v) is 11.0. The van der Waals surface area contributed by atoms with E-state index in [1.165, 1.54) is 11.5 Å². The van der Waals surface area contributed by atoms with Gasteiger partial charge in [-0.2, -0.15) is 4.37 Å². The minimum absolute atomic E-state index is 0.244. The Morgan fingerprint density at radius 1 is 1.69 bits per heavy atom. The van der Waals surface area contributed by atoms with E-state index < -0.39 is 0 Å². The molecule has 0 fully saturated rings. The summed E-state index contributed by atoms with van der Waals surface area (Å²) >= 11 is 3.00. The van der Waals surface area contributed by atoms with E-state index in [1.54, 1.807) is 11.8 Å². The van der Waals surface area contributed by atoms with Crippen LogP contribution in [0.15, 0.2) is 4.34 Å². The lowest BCUT2D eigenvalue weighted by Gasteiger charge is -2.12. The highest BCUT2D eigenvalue weighted by Crippen LogP contribution is 2.20. The van der Waals surface area contributed by atoms with Crippen LogP contribution in [0.1, 0.15) is 19.2 Å². The number of hydrogen-bond donors (Lipinski definition) is 2. The Kier molecular flexibility index (Phi) is 5.72. The van der Waals surface area contributed by atoms with E-state index >= 15 is 0 Å². The molecule has 1 unspecified atom stereocenters. The second-order valence-electron chi connectivity index (χ2n) is 3.26. The molecule has 1 aromatic rings. The van der Waals surface area contributed by atoms with Crippen LogP contribution < -0.4 is 11.1 Å². The Bertz CT molecular complexity index is 342. The Morgan fingerprint density at radius 2 is 2.44 bits per heavy atom. The van der Waals surface area contributed by atoms with Gasteiger partial charge < -0.3 is 11.1 Å². The number of hydrogen-bond acceptors (Lipinski definition) is 6. The molecule has 90 valence electrons. The summed E-state index contributed by atoms with van der Waals surface area (Å²) in [6.07, 6.45) is 0.715. The monoisotopic (exact) mass is 260 g/mol. The first-order valence-corrected chi connectivity index (χ1v) is 6.85. The van der Waals surface area contributed by atoms with Crippen molar-refractivity contribution in [3.05, 3.63) is 5.82 Å². The summed E-state index contributed by atoms with van der Waals surface area (Å²) in [5.41, 5.74) is 5.27. The smallest absolute Gasteiger partial charge is 0.234 e. The van der Waals surface area contributed by atoms with Gasteiger partial charge in [0.2, 0.25) is 5.91 Å². The summed E-state index contributed by atoms with van der Waals surface area (Å²) < 4.78 is 5.03. The van der Waals surface area contributed by atoms with E-state index in [4.69, 9.17) is 5.73 Å². The van der Waals surface area contributed by atoms with Gasteiger partial charge in [0.15, 0.2) is 4.34 Å². The van der Waals surface area contributed by atoms with Crippen LogP contribution in [0.5, 0.6) is 0 Å². The van der Waals surface area contributed by atoms with E-state index in [0.29, 0.717) is 6.42 Å². The molecular formula is C9H16N4OS2. The van der Waals surface area contributed by atoms with Crippen molar-refractivity contribution >= 4 is 29.2 Å². The van der Waals surface area contributed by atoms with E-state index in [9.17, 15) is 4.79 Å². The molecule has 1 amide bonds. The van der Waals surface area contributed by atoms with Crippen molar-refractivity contribution in [1.29, 1.82) is 0 Å². The van der Waals surface area contributed by atoms with Crippen molar-refractivity contribution < 1.29 is 4.79 Å². The van der Waals surface area contributed by atoms with Crippen LogP contribution in [0.4, 0.5) is 0 Å². The maximum atomic E-state index is 11.1. The number of aromatic nitrogens is 2. The van der Waals surface area contributed by atoms with Crippen LogP contribution in [0, 0.1) is 6.92 Å². The van der Waals surface area contributed by atoms with Gasteiger partial charge in [-0.05, 0) is 31.4 Å².